The predicted molar refractivity (Wildman–Crippen MR) is 86.2 cm³/mol. The van der Waals surface area contributed by atoms with E-state index in [2.05, 4.69) is 64.3 Å². The van der Waals surface area contributed by atoms with Crippen molar-refractivity contribution in [1.82, 2.24) is 14.4 Å². The van der Waals surface area contributed by atoms with Crippen LogP contribution in [0, 0.1) is 0 Å². The Morgan fingerprint density at radius 3 is 2.75 bits per heavy atom. The summed E-state index contributed by atoms with van der Waals surface area (Å²) in [7, 11) is 0. The SMILES string of the molecule is CC(C)(C)c1cccc2c1nc1[nH]c(CCN)c(Br)n12. The molecule has 0 aliphatic rings. The van der Waals surface area contributed by atoms with E-state index < -0.39 is 0 Å². The highest BCUT2D eigenvalue weighted by Crippen LogP contribution is 2.32. The Morgan fingerprint density at radius 2 is 2.10 bits per heavy atom. The molecule has 0 atom stereocenters. The van der Waals surface area contributed by atoms with Gasteiger partial charge in [0.1, 0.15) is 4.60 Å². The van der Waals surface area contributed by atoms with E-state index >= 15 is 0 Å². The van der Waals surface area contributed by atoms with Gasteiger partial charge in [0.2, 0.25) is 5.78 Å². The van der Waals surface area contributed by atoms with Crippen LogP contribution in [0.5, 0.6) is 0 Å². The quantitative estimate of drug-likeness (QED) is 0.754. The van der Waals surface area contributed by atoms with Crippen LogP contribution in [-0.4, -0.2) is 20.9 Å². The Hall–Kier alpha value is -1.33. The number of fused-ring (bicyclic) bond motifs is 3. The van der Waals surface area contributed by atoms with Crippen LogP contribution in [0.3, 0.4) is 0 Å². The molecule has 5 heteroatoms. The molecule has 3 N–H and O–H groups in total. The molecule has 0 unspecified atom stereocenters. The second-order valence-electron chi connectivity index (χ2n) is 6.13. The topological polar surface area (TPSA) is 59.1 Å². The first-order valence-corrected chi connectivity index (χ1v) is 7.61. The molecule has 2 aromatic heterocycles. The average molecular weight is 335 g/mol. The molecule has 4 nitrogen and oxygen atoms in total. The van der Waals surface area contributed by atoms with Crippen molar-refractivity contribution in [3.05, 3.63) is 34.1 Å². The summed E-state index contributed by atoms with van der Waals surface area (Å²) >= 11 is 3.66. The van der Waals surface area contributed by atoms with Crippen molar-refractivity contribution in [2.24, 2.45) is 5.73 Å². The van der Waals surface area contributed by atoms with E-state index in [-0.39, 0.29) is 5.41 Å². The van der Waals surface area contributed by atoms with Gasteiger partial charge in [-0.1, -0.05) is 32.9 Å². The Balaban J connectivity index is 2.34. The molecular weight excluding hydrogens is 316 g/mol. The smallest absolute Gasteiger partial charge is 0.213 e. The van der Waals surface area contributed by atoms with Crippen LogP contribution in [0.1, 0.15) is 32.0 Å². The fourth-order valence-corrected chi connectivity index (χ4v) is 3.27. The van der Waals surface area contributed by atoms with Gasteiger partial charge in [-0.05, 0) is 39.5 Å². The van der Waals surface area contributed by atoms with Crippen molar-refractivity contribution in [2.45, 2.75) is 32.6 Å². The molecule has 20 heavy (non-hydrogen) atoms. The molecule has 0 amide bonds. The van der Waals surface area contributed by atoms with E-state index in [0.29, 0.717) is 6.54 Å². The summed E-state index contributed by atoms with van der Waals surface area (Å²) in [5.74, 6) is 0.868. The first kappa shape index (κ1) is 13.6. The normalized spacial score (nSPS) is 12.7. The summed E-state index contributed by atoms with van der Waals surface area (Å²) in [4.78, 5) is 8.14. The lowest BCUT2D eigenvalue weighted by molar-refractivity contribution is 0.595. The number of hydrogen-bond donors (Lipinski definition) is 2. The van der Waals surface area contributed by atoms with Gasteiger partial charge in [-0.3, -0.25) is 4.40 Å². The molecule has 0 spiro atoms. The number of nitrogens with zero attached hydrogens (tertiary/aromatic N) is 2. The van der Waals surface area contributed by atoms with Crippen LogP contribution in [0.4, 0.5) is 0 Å². The number of para-hydroxylation sites is 1. The van der Waals surface area contributed by atoms with E-state index in [1.165, 1.54) is 5.56 Å². The molecule has 1 aromatic carbocycles. The van der Waals surface area contributed by atoms with Crippen LogP contribution in [-0.2, 0) is 11.8 Å². The first-order chi connectivity index (χ1) is 9.43. The van der Waals surface area contributed by atoms with E-state index in [1.54, 1.807) is 0 Å². The van der Waals surface area contributed by atoms with Crippen LogP contribution < -0.4 is 5.73 Å². The minimum atomic E-state index is 0.0748. The molecule has 0 fully saturated rings. The van der Waals surface area contributed by atoms with E-state index in [0.717, 1.165) is 33.5 Å². The number of H-pyrrole nitrogens is 1. The summed E-state index contributed by atoms with van der Waals surface area (Å²) in [5, 5.41) is 0. The molecule has 0 radical (unpaired) electrons. The van der Waals surface area contributed by atoms with Gasteiger partial charge in [0.05, 0.1) is 16.7 Å². The highest BCUT2D eigenvalue weighted by Gasteiger charge is 2.21. The largest absolute Gasteiger partial charge is 0.330 e. The predicted octanol–water partition coefficient (Wildman–Crippen LogP) is 3.38. The molecule has 0 aliphatic carbocycles. The summed E-state index contributed by atoms with van der Waals surface area (Å²) in [6.07, 6.45) is 0.810. The molecule has 106 valence electrons. The van der Waals surface area contributed by atoms with Gasteiger partial charge in [0.25, 0.3) is 0 Å². The van der Waals surface area contributed by atoms with Crippen molar-refractivity contribution < 1.29 is 0 Å². The third-order valence-electron chi connectivity index (χ3n) is 3.60. The number of aromatic nitrogens is 3. The van der Waals surface area contributed by atoms with Crippen molar-refractivity contribution >= 4 is 32.7 Å². The van der Waals surface area contributed by atoms with Gasteiger partial charge < -0.3 is 10.7 Å². The van der Waals surface area contributed by atoms with Gasteiger partial charge in [-0.15, -0.1) is 0 Å². The average Bonchev–Trinajstić information content (AvgIpc) is 2.86. The highest BCUT2D eigenvalue weighted by atomic mass is 79.9. The van der Waals surface area contributed by atoms with Crippen molar-refractivity contribution in [3.8, 4) is 0 Å². The molecule has 0 aliphatic heterocycles. The summed E-state index contributed by atoms with van der Waals surface area (Å²) in [5.41, 5.74) is 10.3. The van der Waals surface area contributed by atoms with E-state index in [4.69, 9.17) is 10.7 Å². The van der Waals surface area contributed by atoms with Gasteiger partial charge >= 0.3 is 0 Å². The third-order valence-corrected chi connectivity index (χ3v) is 4.43. The minimum Gasteiger partial charge on any atom is -0.330 e. The van der Waals surface area contributed by atoms with Crippen molar-refractivity contribution in [3.63, 3.8) is 0 Å². The maximum Gasteiger partial charge on any atom is 0.213 e. The molecule has 2 heterocycles. The fraction of sp³-hybridized carbons (Fsp3) is 0.400. The van der Waals surface area contributed by atoms with Gasteiger partial charge in [0.15, 0.2) is 0 Å². The Morgan fingerprint density at radius 1 is 1.35 bits per heavy atom. The fourth-order valence-electron chi connectivity index (χ4n) is 2.62. The Kier molecular flexibility index (Phi) is 3.14. The number of rotatable bonds is 2. The van der Waals surface area contributed by atoms with Gasteiger partial charge in [-0.25, -0.2) is 4.98 Å². The zero-order valence-electron chi connectivity index (χ0n) is 12.0. The molecular formula is C15H19BrN4. The standard InChI is InChI=1S/C15H19BrN4/c1-15(2,3)9-5-4-6-11-12(9)19-14-18-10(7-8-17)13(16)20(11)14/h4-6H,7-8,17H2,1-3H3,(H,18,19). The van der Waals surface area contributed by atoms with Crippen molar-refractivity contribution in [1.29, 1.82) is 0 Å². The van der Waals surface area contributed by atoms with Crippen LogP contribution >= 0.6 is 15.9 Å². The molecule has 3 rings (SSSR count). The van der Waals surface area contributed by atoms with E-state index in [1.807, 2.05) is 0 Å². The maximum absolute atomic E-state index is 5.64. The van der Waals surface area contributed by atoms with Crippen LogP contribution in [0.25, 0.3) is 16.8 Å². The Labute approximate surface area is 126 Å². The molecule has 0 saturated carbocycles. The van der Waals surface area contributed by atoms with Crippen LogP contribution in [0.2, 0.25) is 0 Å². The molecule has 3 aromatic rings. The first-order valence-electron chi connectivity index (χ1n) is 6.81. The summed E-state index contributed by atoms with van der Waals surface area (Å²) in [6, 6.07) is 6.36. The number of halogens is 1. The lowest BCUT2D eigenvalue weighted by atomic mass is 9.86. The summed E-state index contributed by atoms with van der Waals surface area (Å²) < 4.78 is 3.14. The maximum atomic E-state index is 5.64. The number of nitrogens with two attached hydrogens (primary N) is 1. The number of hydrogen-bond acceptors (Lipinski definition) is 2. The van der Waals surface area contributed by atoms with Crippen molar-refractivity contribution in [2.75, 3.05) is 6.54 Å². The summed E-state index contributed by atoms with van der Waals surface area (Å²) in [6.45, 7) is 7.26. The van der Waals surface area contributed by atoms with Gasteiger partial charge in [-0.2, -0.15) is 0 Å². The number of aromatic amines is 1. The highest BCUT2D eigenvalue weighted by molar-refractivity contribution is 9.10. The van der Waals surface area contributed by atoms with Crippen LogP contribution in [0.15, 0.2) is 22.8 Å². The molecule has 0 saturated heterocycles. The minimum absolute atomic E-state index is 0.0748. The zero-order chi connectivity index (χ0) is 14.5. The second kappa shape index (κ2) is 4.60. The molecule has 0 bridgehead atoms. The lowest BCUT2D eigenvalue weighted by Crippen LogP contribution is -2.11. The third kappa shape index (κ3) is 1.96. The number of nitrogens with one attached hydrogen (secondary N) is 1. The number of imidazole rings is 2. The van der Waals surface area contributed by atoms with Gasteiger partial charge in [0, 0.05) is 6.42 Å². The van der Waals surface area contributed by atoms with E-state index in [9.17, 15) is 0 Å². The zero-order valence-corrected chi connectivity index (χ0v) is 13.6. The number of benzene rings is 1. The monoisotopic (exact) mass is 334 g/mol. The lowest BCUT2D eigenvalue weighted by Gasteiger charge is -2.19. The second-order valence-corrected chi connectivity index (χ2v) is 6.88. The Bertz CT molecular complexity index is 776.